The van der Waals surface area contributed by atoms with Crippen molar-refractivity contribution < 1.29 is 9.47 Å². The number of thiazole rings is 1. The van der Waals surface area contributed by atoms with Gasteiger partial charge in [0.2, 0.25) is 4.96 Å². The van der Waals surface area contributed by atoms with Gasteiger partial charge in [-0.1, -0.05) is 35.6 Å². The Labute approximate surface area is 153 Å². The van der Waals surface area contributed by atoms with Gasteiger partial charge in [-0.05, 0) is 35.9 Å². The van der Waals surface area contributed by atoms with E-state index in [9.17, 15) is 4.79 Å². The van der Waals surface area contributed by atoms with Gasteiger partial charge in [0, 0.05) is 0 Å². The standard InChI is InChI=1S/C19H15N3O3S/c1-24-13-7-5-6-12(10-13)11-16-18(23)22-19(26-16)20-17(21-22)14-8-3-4-9-15(14)25-2/h3-11H,1-2H3. The van der Waals surface area contributed by atoms with Crippen molar-refractivity contribution in [3.63, 3.8) is 0 Å². The predicted octanol–water partition coefficient (Wildman–Crippen LogP) is 2.38. The Balaban J connectivity index is 1.81. The maximum atomic E-state index is 12.7. The van der Waals surface area contributed by atoms with Crippen molar-refractivity contribution in [2.45, 2.75) is 0 Å². The molecule has 0 saturated heterocycles. The summed E-state index contributed by atoms with van der Waals surface area (Å²) in [5.74, 6) is 1.88. The molecule has 2 heterocycles. The quantitative estimate of drug-likeness (QED) is 0.556. The molecule has 4 rings (SSSR count). The SMILES string of the molecule is COc1cccc(C=c2sc3nc(-c4ccccc4OC)nn3c2=O)c1. The second-order valence-corrected chi connectivity index (χ2v) is 6.53. The Bertz CT molecular complexity index is 1200. The molecule has 0 radical (unpaired) electrons. The van der Waals surface area contributed by atoms with Gasteiger partial charge in [0.25, 0.3) is 5.56 Å². The van der Waals surface area contributed by atoms with E-state index in [0.717, 1.165) is 16.9 Å². The molecule has 7 heteroatoms. The molecule has 0 aliphatic carbocycles. The van der Waals surface area contributed by atoms with Crippen LogP contribution in [0.15, 0.2) is 53.3 Å². The molecule has 2 aromatic heterocycles. The van der Waals surface area contributed by atoms with Gasteiger partial charge >= 0.3 is 0 Å². The minimum atomic E-state index is -0.193. The summed E-state index contributed by atoms with van der Waals surface area (Å²) in [5.41, 5.74) is 1.45. The largest absolute Gasteiger partial charge is 0.497 e. The van der Waals surface area contributed by atoms with Crippen LogP contribution in [0.1, 0.15) is 5.56 Å². The van der Waals surface area contributed by atoms with Gasteiger partial charge in [-0.25, -0.2) is 0 Å². The third-order valence-corrected chi connectivity index (χ3v) is 4.88. The molecule has 4 aromatic rings. The van der Waals surface area contributed by atoms with Gasteiger partial charge in [0.15, 0.2) is 5.82 Å². The molecule has 0 amide bonds. The van der Waals surface area contributed by atoms with Crippen LogP contribution >= 0.6 is 11.3 Å². The molecule has 0 aliphatic heterocycles. The van der Waals surface area contributed by atoms with Crippen LogP contribution in [0.3, 0.4) is 0 Å². The van der Waals surface area contributed by atoms with E-state index in [2.05, 4.69) is 10.1 Å². The first-order valence-electron chi connectivity index (χ1n) is 7.88. The predicted molar refractivity (Wildman–Crippen MR) is 101 cm³/mol. The number of benzene rings is 2. The minimum absolute atomic E-state index is 0.193. The Kier molecular flexibility index (Phi) is 4.14. The van der Waals surface area contributed by atoms with Gasteiger partial charge in [-0.2, -0.15) is 9.50 Å². The van der Waals surface area contributed by atoms with Crippen LogP contribution in [0.25, 0.3) is 22.4 Å². The lowest BCUT2D eigenvalue weighted by Crippen LogP contribution is -2.23. The van der Waals surface area contributed by atoms with Crippen molar-refractivity contribution in [3.05, 3.63) is 69.0 Å². The Morgan fingerprint density at radius 2 is 1.92 bits per heavy atom. The molecule has 0 bridgehead atoms. The zero-order valence-electron chi connectivity index (χ0n) is 14.2. The van der Waals surface area contributed by atoms with Gasteiger partial charge in [-0.3, -0.25) is 4.79 Å². The summed E-state index contributed by atoms with van der Waals surface area (Å²) in [6.45, 7) is 0. The van der Waals surface area contributed by atoms with E-state index in [1.54, 1.807) is 14.2 Å². The van der Waals surface area contributed by atoms with E-state index in [1.165, 1.54) is 15.9 Å². The average Bonchev–Trinajstić information content (AvgIpc) is 3.21. The third kappa shape index (κ3) is 2.82. The number of aromatic nitrogens is 3. The van der Waals surface area contributed by atoms with Gasteiger partial charge in [0.1, 0.15) is 11.5 Å². The van der Waals surface area contributed by atoms with Gasteiger partial charge < -0.3 is 9.47 Å². The normalized spacial score (nSPS) is 11.8. The number of ether oxygens (including phenoxy) is 2. The van der Waals surface area contributed by atoms with Crippen molar-refractivity contribution in [1.82, 2.24) is 14.6 Å². The molecule has 26 heavy (non-hydrogen) atoms. The number of hydrogen-bond acceptors (Lipinski definition) is 6. The fourth-order valence-corrected chi connectivity index (χ4v) is 3.57. The Hall–Kier alpha value is -3.19. The van der Waals surface area contributed by atoms with E-state index >= 15 is 0 Å². The minimum Gasteiger partial charge on any atom is -0.497 e. The van der Waals surface area contributed by atoms with E-state index in [0.29, 0.717) is 21.1 Å². The molecule has 0 N–H and O–H groups in total. The number of nitrogens with zero attached hydrogens (tertiary/aromatic N) is 3. The maximum absolute atomic E-state index is 12.7. The summed E-state index contributed by atoms with van der Waals surface area (Å²) >= 11 is 1.30. The van der Waals surface area contributed by atoms with Crippen molar-refractivity contribution >= 4 is 22.4 Å². The van der Waals surface area contributed by atoms with E-state index in [1.807, 2.05) is 54.6 Å². The van der Waals surface area contributed by atoms with E-state index in [4.69, 9.17) is 9.47 Å². The summed E-state index contributed by atoms with van der Waals surface area (Å²) in [5, 5.41) is 4.37. The maximum Gasteiger partial charge on any atom is 0.291 e. The van der Waals surface area contributed by atoms with Crippen LogP contribution in [0.5, 0.6) is 11.5 Å². The molecule has 130 valence electrons. The second kappa shape index (κ2) is 6.61. The third-order valence-electron chi connectivity index (χ3n) is 3.92. The van der Waals surface area contributed by atoms with Crippen molar-refractivity contribution in [2.75, 3.05) is 14.2 Å². The summed E-state index contributed by atoms with van der Waals surface area (Å²) in [6, 6.07) is 15.0. The lowest BCUT2D eigenvalue weighted by molar-refractivity contribution is 0.414. The highest BCUT2D eigenvalue weighted by atomic mass is 32.1. The number of rotatable bonds is 4. The van der Waals surface area contributed by atoms with Crippen LogP contribution in [-0.4, -0.2) is 28.8 Å². The molecule has 2 aromatic carbocycles. The molecule has 0 unspecified atom stereocenters. The molecular formula is C19H15N3O3S. The summed E-state index contributed by atoms with van der Waals surface area (Å²) in [7, 11) is 3.21. The molecule has 0 atom stereocenters. The molecule has 0 aliphatic rings. The Morgan fingerprint density at radius 3 is 2.69 bits per heavy atom. The first-order chi connectivity index (χ1) is 12.7. The molecule has 0 spiro atoms. The highest BCUT2D eigenvalue weighted by Gasteiger charge is 2.14. The topological polar surface area (TPSA) is 65.7 Å². The fraction of sp³-hybridized carbons (Fsp3) is 0.105. The number of hydrogen-bond donors (Lipinski definition) is 0. The Morgan fingerprint density at radius 1 is 1.08 bits per heavy atom. The first-order valence-corrected chi connectivity index (χ1v) is 8.70. The first kappa shape index (κ1) is 16.3. The zero-order valence-corrected chi connectivity index (χ0v) is 15.0. The molecule has 0 saturated carbocycles. The molecular weight excluding hydrogens is 350 g/mol. The molecule has 0 fully saturated rings. The highest BCUT2D eigenvalue weighted by molar-refractivity contribution is 7.15. The van der Waals surface area contributed by atoms with Crippen molar-refractivity contribution in [2.24, 2.45) is 0 Å². The number of para-hydroxylation sites is 1. The van der Waals surface area contributed by atoms with Crippen LogP contribution in [-0.2, 0) is 0 Å². The van der Waals surface area contributed by atoms with Crippen LogP contribution < -0.4 is 19.6 Å². The number of methoxy groups -OCH3 is 2. The summed E-state index contributed by atoms with van der Waals surface area (Å²) < 4.78 is 12.5. The summed E-state index contributed by atoms with van der Waals surface area (Å²) in [6.07, 6.45) is 1.81. The van der Waals surface area contributed by atoms with Gasteiger partial charge in [-0.15, -0.1) is 5.10 Å². The highest BCUT2D eigenvalue weighted by Crippen LogP contribution is 2.27. The monoisotopic (exact) mass is 365 g/mol. The average molecular weight is 365 g/mol. The lowest BCUT2D eigenvalue weighted by atomic mass is 10.2. The molecule has 6 nitrogen and oxygen atoms in total. The zero-order chi connectivity index (χ0) is 18.1. The van der Waals surface area contributed by atoms with Crippen LogP contribution in [0, 0.1) is 0 Å². The fourth-order valence-electron chi connectivity index (χ4n) is 2.66. The summed E-state index contributed by atoms with van der Waals surface area (Å²) in [4.78, 5) is 17.7. The van der Waals surface area contributed by atoms with Crippen LogP contribution in [0.2, 0.25) is 0 Å². The van der Waals surface area contributed by atoms with E-state index in [-0.39, 0.29) is 5.56 Å². The van der Waals surface area contributed by atoms with Crippen molar-refractivity contribution in [1.29, 1.82) is 0 Å². The lowest BCUT2D eigenvalue weighted by Gasteiger charge is -2.03. The van der Waals surface area contributed by atoms with Crippen molar-refractivity contribution in [3.8, 4) is 22.9 Å². The van der Waals surface area contributed by atoms with E-state index < -0.39 is 0 Å². The second-order valence-electron chi connectivity index (χ2n) is 5.52. The van der Waals surface area contributed by atoms with Gasteiger partial charge in [0.05, 0.1) is 24.3 Å². The smallest absolute Gasteiger partial charge is 0.291 e. The van der Waals surface area contributed by atoms with Crippen LogP contribution in [0.4, 0.5) is 0 Å². The number of fused-ring (bicyclic) bond motifs is 1.